The molecule has 0 aromatic heterocycles. The van der Waals surface area contributed by atoms with E-state index < -0.39 is 6.17 Å². The monoisotopic (exact) mass is 236 g/mol. The van der Waals surface area contributed by atoms with Crippen molar-refractivity contribution in [3.05, 3.63) is 33.3 Å². The highest BCUT2D eigenvalue weighted by molar-refractivity contribution is 9.10. The first-order valence-electron chi connectivity index (χ1n) is 3.20. The minimum Gasteiger partial charge on any atom is -0.243 e. The van der Waals surface area contributed by atoms with Crippen molar-refractivity contribution in [1.29, 1.82) is 0 Å². The Kier molecular flexibility index (Phi) is 2.90. The van der Waals surface area contributed by atoms with Crippen LogP contribution in [0.5, 0.6) is 0 Å². The molecule has 0 fully saturated rings. The van der Waals surface area contributed by atoms with Gasteiger partial charge in [0.1, 0.15) is 6.17 Å². The Morgan fingerprint density at radius 2 is 2.18 bits per heavy atom. The summed E-state index contributed by atoms with van der Waals surface area (Å²) in [7, 11) is 0. The third-order valence-corrected chi connectivity index (χ3v) is 2.22. The quantitative estimate of drug-likeness (QED) is 0.689. The van der Waals surface area contributed by atoms with Gasteiger partial charge in [-0.15, -0.1) is 0 Å². The van der Waals surface area contributed by atoms with Crippen molar-refractivity contribution in [2.24, 2.45) is 0 Å². The maximum atomic E-state index is 12.8. The summed E-state index contributed by atoms with van der Waals surface area (Å²) >= 11 is 8.97. The van der Waals surface area contributed by atoms with E-state index in [0.717, 1.165) is 4.47 Å². The van der Waals surface area contributed by atoms with Crippen LogP contribution in [0, 0.1) is 0 Å². The molecule has 0 bridgehead atoms. The Morgan fingerprint density at radius 1 is 1.55 bits per heavy atom. The van der Waals surface area contributed by atoms with E-state index in [0.29, 0.717) is 10.6 Å². The van der Waals surface area contributed by atoms with Crippen molar-refractivity contribution >= 4 is 27.5 Å². The van der Waals surface area contributed by atoms with Crippen LogP contribution in [0.3, 0.4) is 0 Å². The molecule has 0 heterocycles. The number of hydrogen-bond donors (Lipinski definition) is 0. The van der Waals surface area contributed by atoms with Crippen LogP contribution in [-0.4, -0.2) is 0 Å². The fraction of sp³-hybridized carbons (Fsp3) is 0.250. The molecular weight excluding hydrogens is 230 g/mol. The summed E-state index contributed by atoms with van der Waals surface area (Å²) in [6.45, 7) is 1.47. The Balaban J connectivity index is 3.13. The van der Waals surface area contributed by atoms with Crippen molar-refractivity contribution in [3.63, 3.8) is 0 Å². The van der Waals surface area contributed by atoms with Crippen LogP contribution >= 0.6 is 27.5 Å². The standard InChI is InChI=1S/C8H7BrClF/c1-5(11)7-4-6(9)2-3-8(7)10/h2-5H,1H3. The first kappa shape index (κ1) is 9.01. The molecule has 0 nitrogen and oxygen atoms in total. The second-order valence-corrected chi connectivity index (χ2v) is 3.60. The normalized spacial score (nSPS) is 13.1. The lowest BCUT2D eigenvalue weighted by Crippen LogP contribution is -1.86. The SMILES string of the molecule is CC(F)c1cc(Br)ccc1Cl. The molecule has 1 aromatic carbocycles. The van der Waals surface area contributed by atoms with Crippen LogP contribution < -0.4 is 0 Å². The van der Waals surface area contributed by atoms with E-state index in [1.807, 2.05) is 0 Å². The van der Waals surface area contributed by atoms with Gasteiger partial charge in [-0.25, -0.2) is 4.39 Å². The molecule has 1 unspecified atom stereocenters. The summed E-state index contributed by atoms with van der Waals surface area (Å²) in [5.74, 6) is 0. The van der Waals surface area contributed by atoms with Crippen molar-refractivity contribution in [2.75, 3.05) is 0 Å². The molecule has 0 aliphatic rings. The predicted molar refractivity (Wildman–Crippen MR) is 48.7 cm³/mol. The summed E-state index contributed by atoms with van der Waals surface area (Å²) in [6.07, 6.45) is -1.01. The van der Waals surface area contributed by atoms with Gasteiger partial charge in [-0.05, 0) is 25.1 Å². The molecule has 60 valence electrons. The largest absolute Gasteiger partial charge is 0.243 e. The average molecular weight is 237 g/mol. The van der Waals surface area contributed by atoms with E-state index in [1.165, 1.54) is 6.92 Å². The number of alkyl halides is 1. The minimum atomic E-state index is -1.01. The maximum Gasteiger partial charge on any atom is 0.124 e. The highest BCUT2D eigenvalue weighted by atomic mass is 79.9. The second kappa shape index (κ2) is 3.55. The van der Waals surface area contributed by atoms with Gasteiger partial charge in [0, 0.05) is 15.1 Å². The molecule has 0 saturated carbocycles. The summed E-state index contributed by atoms with van der Waals surface area (Å²) in [6, 6.07) is 5.15. The van der Waals surface area contributed by atoms with Crippen molar-refractivity contribution < 1.29 is 4.39 Å². The fourth-order valence-electron chi connectivity index (χ4n) is 0.819. The van der Waals surface area contributed by atoms with Gasteiger partial charge in [-0.3, -0.25) is 0 Å². The number of rotatable bonds is 1. The molecule has 0 aliphatic heterocycles. The zero-order valence-corrected chi connectivity index (χ0v) is 8.29. The van der Waals surface area contributed by atoms with Gasteiger partial charge in [0.25, 0.3) is 0 Å². The van der Waals surface area contributed by atoms with Crippen LogP contribution in [0.25, 0.3) is 0 Å². The molecule has 0 radical (unpaired) electrons. The molecule has 0 amide bonds. The molecule has 1 atom stereocenters. The number of benzene rings is 1. The number of hydrogen-bond acceptors (Lipinski definition) is 0. The third kappa shape index (κ3) is 2.17. The van der Waals surface area contributed by atoms with Crippen molar-refractivity contribution in [3.8, 4) is 0 Å². The summed E-state index contributed by atoms with van der Waals surface area (Å²) in [4.78, 5) is 0. The Bertz CT molecular complexity index is 260. The van der Waals surface area contributed by atoms with E-state index in [9.17, 15) is 4.39 Å². The highest BCUT2D eigenvalue weighted by Crippen LogP contribution is 2.28. The fourth-order valence-corrected chi connectivity index (χ4v) is 1.47. The maximum absolute atomic E-state index is 12.8. The molecule has 1 rings (SSSR count). The Morgan fingerprint density at radius 3 is 2.64 bits per heavy atom. The predicted octanol–water partition coefficient (Wildman–Crippen LogP) is 4.13. The summed E-state index contributed by atoms with van der Waals surface area (Å²) in [5, 5.41) is 0.475. The van der Waals surface area contributed by atoms with Gasteiger partial charge in [-0.1, -0.05) is 27.5 Å². The highest BCUT2D eigenvalue weighted by Gasteiger charge is 2.07. The number of halogens is 3. The van der Waals surface area contributed by atoms with Gasteiger partial charge in [-0.2, -0.15) is 0 Å². The first-order valence-corrected chi connectivity index (χ1v) is 4.37. The Hall–Kier alpha value is -0.0800. The van der Waals surface area contributed by atoms with Gasteiger partial charge >= 0.3 is 0 Å². The van der Waals surface area contributed by atoms with Gasteiger partial charge in [0.05, 0.1) is 0 Å². The Labute approximate surface area is 78.5 Å². The van der Waals surface area contributed by atoms with Gasteiger partial charge in [0.2, 0.25) is 0 Å². The van der Waals surface area contributed by atoms with Crippen LogP contribution in [-0.2, 0) is 0 Å². The first-order chi connectivity index (χ1) is 5.11. The minimum absolute atomic E-state index is 0.475. The van der Waals surface area contributed by atoms with E-state index >= 15 is 0 Å². The van der Waals surface area contributed by atoms with Crippen LogP contribution in [0.15, 0.2) is 22.7 Å². The van der Waals surface area contributed by atoms with E-state index in [-0.39, 0.29) is 0 Å². The zero-order valence-electron chi connectivity index (χ0n) is 5.94. The molecular formula is C8H7BrClF. The molecule has 1 aromatic rings. The molecule has 0 aliphatic carbocycles. The summed E-state index contributed by atoms with van der Waals surface area (Å²) < 4.78 is 13.6. The summed E-state index contributed by atoms with van der Waals surface area (Å²) in [5.41, 5.74) is 0.529. The van der Waals surface area contributed by atoms with Crippen molar-refractivity contribution in [1.82, 2.24) is 0 Å². The van der Waals surface area contributed by atoms with Crippen LogP contribution in [0.1, 0.15) is 18.7 Å². The van der Waals surface area contributed by atoms with E-state index in [1.54, 1.807) is 18.2 Å². The van der Waals surface area contributed by atoms with Crippen LogP contribution in [0.2, 0.25) is 5.02 Å². The van der Waals surface area contributed by atoms with Crippen LogP contribution in [0.4, 0.5) is 4.39 Å². The van der Waals surface area contributed by atoms with Gasteiger partial charge in [0.15, 0.2) is 0 Å². The lowest BCUT2D eigenvalue weighted by atomic mass is 10.1. The molecule has 11 heavy (non-hydrogen) atoms. The lowest BCUT2D eigenvalue weighted by molar-refractivity contribution is 0.374. The smallest absolute Gasteiger partial charge is 0.124 e. The lowest BCUT2D eigenvalue weighted by Gasteiger charge is -2.04. The molecule has 0 N–H and O–H groups in total. The second-order valence-electron chi connectivity index (χ2n) is 2.28. The molecule has 3 heteroatoms. The van der Waals surface area contributed by atoms with E-state index in [4.69, 9.17) is 11.6 Å². The van der Waals surface area contributed by atoms with E-state index in [2.05, 4.69) is 15.9 Å². The zero-order chi connectivity index (χ0) is 8.43. The third-order valence-electron chi connectivity index (χ3n) is 1.39. The van der Waals surface area contributed by atoms with Gasteiger partial charge < -0.3 is 0 Å². The molecule has 0 saturated heterocycles. The topological polar surface area (TPSA) is 0 Å². The van der Waals surface area contributed by atoms with Crippen molar-refractivity contribution in [2.45, 2.75) is 13.1 Å². The molecule has 0 spiro atoms. The average Bonchev–Trinajstić information content (AvgIpc) is 1.94.